The maximum Gasteiger partial charge on any atom is 0.331 e. The molecule has 4 rings (SSSR count). The molecule has 1 aromatic heterocycles. The van der Waals surface area contributed by atoms with E-state index in [9.17, 15) is 9.59 Å². The number of para-hydroxylation sites is 1. The second-order valence-corrected chi connectivity index (χ2v) is 6.96. The molecule has 156 valence electrons. The number of amides is 1. The third-order valence-corrected chi connectivity index (χ3v) is 4.83. The van der Waals surface area contributed by atoms with Crippen LogP contribution in [0.1, 0.15) is 12.5 Å². The number of carbonyl (C=O) groups is 2. The molecule has 0 spiro atoms. The number of hydrogen-bond donors (Lipinski definition) is 1. The highest BCUT2D eigenvalue weighted by Crippen LogP contribution is 2.36. The Kier molecular flexibility index (Phi) is 5.71. The first-order valence-electron chi connectivity index (χ1n) is 9.79. The van der Waals surface area contributed by atoms with E-state index < -0.39 is 18.0 Å². The van der Waals surface area contributed by atoms with Gasteiger partial charge in [-0.1, -0.05) is 48.5 Å². The first kappa shape index (κ1) is 20.2. The third-order valence-electron chi connectivity index (χ3n) is 4.83. The summed E-state index contributed by atoms with van der Waals surface area (Å²) < 4.78 is 16.5. The summed E-state index contributed by atoms with van der Waals surface area (Å²) in [5.74, 6) is -0.601. The van der Waals surface area contributed by atoms with Crippen LogP contribution in [0.3, 0.4) is 0 Å². The van der Waals surface area contributed by atoms with Crippen LogP contribution in [0, 0.1) is 0 Å². The van der Waals surface area contributed by atoms with Crippen LogP contribution < -0.4 is 10.1 Å². The largest absolute Gasteiger partial charge is 0.495 e. The van der Waals surface area contributed by atoms with Gasteiger partial charge in [-0.2, -0.15) is 0 Å². The minimum absolute atomic E-state index is 0.432. The Morgan fingerprint density at radius 1 is 0.968 bits per heavy atom. The lowest BCUT2D eigenvalue weighted by Gasteiger charge is -2.14. The molecule has 1 amide bonds. The lowest BCUT2D eigenvalue weighted by atomic mass is 10.1. The van der Waals surface area contributed by atoms with Gasteiger partial charge in [-0.05, 0) is 30.7 Å². The number of carbonyl (C=O) groups excluding carboxylic acids is 2. The fourth-order valence-electron chi connectivity index (χ4n) is 3.25. The van der Waals surface area contributed by atoms with Gasteiger partial charge in [-0.25, -0.2) is 4.79 Å². The molecule has 0 aliphatic carbocycles. The van der Waals surface area contributed by atoms with E-state index >= 15 is 0 Å². The molecule has 0 aliphatic heterocycles. The fourth-order valence-corrected chi connectivity index (χ4v) is 3.25. The van der Waals surface area contributed by atoms with Crippen LogP contribution in [-0.4, -0.2) is 25.1 Å². The summed E-state index contributed by atoms with van der Waals surface area (Å²) in [6.07, 6.45) is 1.93. The number of ether oxygens (including phenoxy) is 2. The number of rotatable bonds is 6. The molecule has 0 fully saturated rings. The molecule has 1 heterocycles. The Labute approximate surface area is 179 Å². The van der Waals surface area contributed by atoms with Gasteiger partial charge in [0.15, 0.2) is 6.10 Å². The van der Waals surface area contributed by atoms with Crippen molar-refractivity contribution in [3.63, 3.8) is 0 Å². The van der Waals surface area contributed by atoms with E-state index in [4.69, 9.17) is 13.9 Å². The van der Waals surface area contributed by atoms with Crippen LogP contribution in [0.2, 0.25) is 0 Å². The quantitative estimate of drug-likeness (QED) is 0.347. The summed E-state index contributed by atoms with van der Waals surface area (Å²) in [5.41, 5.74) is 2.66. The van der Waals surface area contributed by atoms with E-state index in [-0.39, 0.29) is 0 Å². The Bertz CT molecular complexity index is 1270. The van der Waals surface area contributed by atoms with Crippen molar-refractivity contribution in [2.75, 3.05) is 12.4 Å². The molecule has 0 saturated heterocycles. The zero-order valence-corrected chi connectivity index (χ0v) is 17.1. The van der Waals surface area contributed by atoms with Gasteiger partial charge in [0.05, 0.1) is 12.8 Å². The summed E-state index contributed by atoms with van der Waals surface area (Å²) in [6, 6.07) is 20.5. The van der Waals surface area contributed by atoms with Crippen molar-refractivity contribution in [3.05, 3.63) is 78.4 Å². The summed E-state index contributed by atoms with van der Waals surface area (Å²) >= 11 is 0. The molecule has 6 heteroatoms. The van der Waals surface area contributed by atoms with Gasteiger partial charge in [0.25, 0.3) is 5.91 Å². The van der Waals surface area contributed by atoms with E-state index in [0.29, 0.717) is 17.0 Å². The van der Waals surface area contributed by atoms with Crippen molar-refractivity contribution in [2.45, 2.75) is 13.0 Å². The van der Waals surface area contributed by atoms with E-state index in [0.717, 1.165) is 21.9 Å². The lowest BCUT2D eigenvalue weighted by molar-refractivity contribution is -0.148. The number of furan rings is 1. The zero-order chi connectivity index (χ0) is 21.8. The number of anilines is 1. The van der Waals surface area contributed by atoms with Gasteiger partial charge in [0, 0.05) is 22.9 Å². The zero-order valence-electron chi connectivity index (χ0n) is 17.1. The van der Waals surface area contributed by atoms with Crippen molar-refractivity contribution < 1.29 is 23.5 Å². The Hall–Kier alpha value is -4.06. The van der Waals surface area contributed by atoms with Crippen LogP contribution in [0.5, 0.6) is 5.75 Å². The molecular weight excluding hydrogens is 394 g/mol. The maximum absolute atomic E-state index is 12.6. The van der Waals surface area contributed by atoms with Crippen LogP contribution in [0.15, 0.2) is 77.2 Å². The van der Waals surface area contributed by atoms with Crippen LogP contribution >= 0.6 is 0 Å². The van der Waals surface area contributed by atoms with Gasteiger partial charge in [0.2, 0.25) is 0 Å². The number of nitrogens with one attached hydrogen (secondary N) is 1. The van der Waals surface area contributed by atoms with Crippen LogP contribution in [0.25, 0.3) is 28.0 Å². The maximum atomic E-state index is 12.6. The molecular formula is C25H21NO5. The van der Waals surface area contributed by atoms with Gasteiger partial charge >= 0.3 is 5.97 Å². The average molecular weight is 415 g/mol. The molecule has 31 heavy (non-hydrogen) atoms. The Balaban J connectivity index is 1.48. The van der Waals surface area contributed by atoms with Crippen LogP contribution in [0.4, 0.5) is 5.69 Å². The van der Waals surface area contributed by atoms with Crippen molar-refractivity contribution in [1.82, 2.24) is 0 Å². The topological polar surface area (TPSA) is 77.8 Å². The minimum atomic E-state index is -0.996. The predicted octanol–water partition coefficient (Wildman–Crippen LogP) is 5.18. The highest BCUT2D eigenvalue weighted by atomic mass is 16.5. The van der Waals surface area contributed by atoms with Gasteiger partial charge in [-0.15, -0.1) is 0 Å². The molecule has 0 radical (unpaired) electrons. The standard InChI is InChI=1S/C25H21NO5/c1-16(30-24(27)13-12-17-8-4-3-5-9-17)25(28)26-20-15-22-19(14-23(20)29-2)18-10-6-7-11-21(18)31-22/h3-16H,1-2H3,(H,26,28)/b13-12+/t16-/m1/s1. The first-order chi connectivity index (χ1) is 15.0. The number of benzene rings is 3. The van der Waals surface area contributed by atoms with Crippen molar-refractivity contribution in [1.29, 1.82) is 0 Å². The predicted molar refractivity (Wildman–Crippen MR) is 120 cm³/mol. The van der Waals surface area contributed by atoms with Gasteiger partial charge in [0.1, 0.15) is 16.9 Å². The molecule has 0 unspecified atom stereocenters. The van der Waals surface area contributed by atoms with Gasteiger partial charge in [-0.3, -0.25) is 4.79 Å². The smallest absolute Gasteiger partial charge is 0.331 e. The van der Waals surface area contributed by atoms with Crippen LogP contribution in [-0.2, 0) is 14.3 Å². The number of esters is 1. The molecule has 4 aromatic rings. The lowest BCUT2D eigenvalue weighted by Crippen LogP contribution is -2.29. The summed E-state index contributed by atoms with van der Waals surface area (Å²) in [4.78, 5) is 24.7. The second-order valence-electron chi connectivity index (χ2n) is 6.96. The molecule has 1 atom stereocenters. The fraction of sp³-hybridized carbons (Fsp3) is 0.120. The first-order valence-corrected chi connectivity index (χ1v) is 9.79. The van der Waals surface area contributed by atoms with Crippen molar-refractivity contribution in [3.8, 4) is 5.75 Å². The highest BCUT2D eigenvalue weighted by Gasteiger charge is 2.20. The molecule has 1 N–H and O–H groups in total. The van der Waals surface area contributed by atoms with E-state index in [1.54, 1.807) is 12.1 Å². The summed E-state index contributed by atoms with van der Waals surface area (Å²) in [5, 5.41) is 4.60. The van der Waals surface area contributed by atoms with Crippen molar-refractivity contribution >= 4 is 45.6 Å². The highest BCUT2D eigenvalue weighted by molar-refractivity contribution is 6.08. The summed E-state index contributed by atoms with van der Waals surface area (Å²) in [6.45, 7) is 1.51. The average Bonchev–Trinajstić information content (AvgIpc) is 3.15. The van der Waals surface area contributed by atoms with E-state index in [1.165, 1.54) is 20.1 Å². The van der Waals surface area contributed by atoms with E-state index in [2.05, 4.69) is 5.32 Å². The van der Waals surface area contributed by atoms with Gasteiger partial charge < -0.3 is 19.2 Å². The number of methoxy groups -OCH3 is 1. The monoisotopic (exact) mass is 415 g/mol. The minimum Gasteiger partial charge on any atom is -0.495 e. The molecule has 0 saturated carbocycles. The SMILES string of the molecule is COc1cc2c(cc1NC(=O)[C@@H](C)OC(=O)/C=C/c1ccccc1)oc1ccccc12. The number of fused-ring (bicyclic) bond motifs is 3. The Morgan fingerprint density at radius 3 is 2.48 bits per heavy atom. The molecule has 0 aliphatic rings. The molecule has 6 nitrogen and oxygen atoms in total. The third kappa shape index (κ3) is 4.43. The molecule has 0 bridgehead atoms. The summed E-state index contributed by atoms with van der Waals surface area (Å²) in [7, 11) is 1.52. The van der Waals surface area contributed by atoms with Crippen molar-refractivity contribution in [2.24, 2.45) is 0 Å². The molecule has 3 aromatic carbocycles. The Morgan fingerprint density at radius 2 is 1.71 bits per heavy atom. The number of hydrogen-bond acceptors (Lipinski definition) is 5. The normalized spacial score (nSPS) is 12.2. The van der Waals surface area contributed by atoms with E-state index in [1.807, 2.05) is 60.7 Å². The second kappa shape index (κ2) is 8.75.